The molecular weight excluding hydrogens is 886 g/mol. The van der Waals surface area contributed by atoms with Gasteiger partial charge < -0.3 is 33.3 Å². The second-order valence-corrected chi connectivity index (χ2v) is 18.6. The minimum Gasteiger partial charge on any atom is -0.489 e. The van der Waals surface area contributed by atoms with E-state index in [1.54, 1.807) is 79.7 Å². The summed E-state index contributed by atoms with van der Waals surface area (Å²) in [5.74, 6) is -4.48. The fraction of sp³-hybridized carbons (Fsp3) is 0.314. The van der Waals surface area contributed by atoms with E-state index in [-0.39, 0.29) is 19.0 Å². The largest absolute Gasteiger partial charge is 0.489 e. The van der Waals surface area contributed by atoms with Gasteiger partial charge in [0.15, 0.2) is 33.4 Å². The highest BCUT2D eigenvalue weighted by atomic mass is 32.2. The zero-order chi connectivity index (χ0) is 48.0. The zero-order valence-corrected chi connectivity index (χ0v) is 38.2. The van der Waals surface area contributed by atoms with Gasteiger partial charge in [0, 0.05) is 38.9 Å². The molecule has 0 bridgehead atoms. The average molecular weight is 936 g/mol. The molecule has 350 valence electrons. The molecular formula is C51H50FNO13S. The van der Waals surface area contributed by atoms with Gasteiger partial charge in [-0.05, 0) is 64.1 Å². The summed E-state index contributed by atoms with van der Waals surface area (Å²) in [4.78, 5) is 64.7. The first-order valence-corrected chi connectivity index (χ1v) is 23.3. The second-order valence-electron chi connectivity index (χ2n) is 16.5. The number of benzene rings is 5. The van der Waals surface area contributed by atoms with Crippen LogP contribution in [0.1, 0.15) is 74.9 Å². The summed E-state index contributed by atoms with van der Waals surface area (Å²) in [5.41, 5.74) is 4.22. The molecule has 2 heterocycles. The Bertz CT molecular complexity index is 2700. The Morgan fingerprint density at radius 3 is 1.90 bits per heavy atom. The molecule has 0 spiro atoms. The maximum atomic E-state index is 14.4. The van der Waals surface area contributed by atoms with Gasteiger partial charge in [0.2, 0.25) is 5.91 Å². The molecule has 2 fully saturated rings. The molecule has 0 radical (unpaired) electrons. The first kappa shape index (κ1) is 48.0. The van der Waals surface area contributed by atoms with Crippen molar-refractivity contribution in [1.29, 1.82) is 0 Å². The Morgan fingerprint density at radius 1 is 0.701 bits per heavy atom. The van der Waals surface area contributed by atoms with Crippen LogP contribution in [0.5, 0.6) is 5.75 Å². The van der Waals surface area contributed by atoms with Crippen LogP contribution in [0.15, 0.2) is 127 Å². The first-order valence-electron chi connectivity index (χ1n) is 21.6. The van der Waals surface area contributed by atoms with E-state index in [4.69, 9.17) is 28.4 Å². The SMILES string of the molecule is CC(=O)OC[C@H]1OC(c2ccc(-c3ccc([C@@H]4[C@@H](S(=O)(=O)C[C@H](C)c5ccc(F)cc5)C(=O)N4c4ccccc4)c(OCc4ccccc4)c3)cc2)[C@H](OC(C)=O)[C@@H](OC(C)=O)[C@@H]1OC(C)=O. The Balaban J connectivity index is 1.27. The number of hydrogen-bond acceptors (Lipinski definition) is 13. The number of hydrogen-bond donors (Lipinski definition) is 0. The van der Waals surface area contributed by atoms with E-state index in [9.17, 15) is 36.8 Å². The van der Waals surface area contributed by atoms with E-state index >= 15 is 0 Å². The molecule has 0 saturated carbocycles. The topological polar surface area (TPSA) is 178 Å². The lowest BCUT2D eigenvalue weighted by Crippen LogP contribution is -2.62. The highest BCUT2D eigenvalue weighted by molar-refractivity contribution is 7.93. The Labute approximate surface area is 387 Å². The number of para-hydroxylation sites is 1. The van der Waals surface area contributed by atoms with Crippen molar-refractivity contribution >= 4 is 45.3 Å². The minimum atomic E-state index is -4.14. The van der Waals surface area contributed by atoms with Gasteiger partial charge in [0.1, 0.15) is 37.0 Å². The molecule has 1 amide bonds. The number of esters is 4. The number of β-lactam (4-membered cyclic amide) rings is 1. The van der Waals surface area contributed by atoms with Crippen molar-refractivity contribution in [2.24, 2.45) is 0 Å². The predicted molar refractivity (Wildman–Crippen MR) is 243 cm³/mol. The van der Waals surface area contributed by atoms with E-state index in [0.29, 0.717) is 39.3 Å². The van der Waals surface area contributed by atoms with E-state index in [2.05, 4.69) is 0 Å². The number of halogens is 1. The molecule has 8 atom stereocenters. The summed E-state index contributed by atoms with van der Waals surface area (Å²) in [7, 11) is -4.14. The summed E-state index contributed by atoms with van der Waals surface area (Å²) >= 11 is 0. The highest BCUT2D eigenvalue weighted by Gasteiger charge is 2.57. The van der Waals surface area contributed by atoms with Gasteiger partial charge in [-0.1, -0.05) is 104 Å². The maximum absolute atomic E-state index is 14.4. The van der Waals surface area contributed by atoms with Gasteiger partial charge in [-0.2, -0.15) is 0 Å². The summed E-state index contributed by atoms with van der Waals surface area (Å²) in [5, 5.41) is -1.46. The maximum Gasteiger partial charge on any atom is 0.303 e. The Hall–Kier alpha value is -6.91. The predicted octanol–water partition coefficient (Wildman–Crippen LogP) is 7.54. The number of sulfone groups is 1. The van der Waals surface area contributed by atoms with Crippen molar-refractivity contribution in [3.05, 3.63) is 155 Å². The number of nitrogens with zero attached hydrogens (tertiary/aromatic N) is 1. The normalized spacial score (nSPS) is 21.9. The number of ether oxygens (including phenoxy) is 6. The van der Waals surface area contributed by atoms with Crippen LogP contribution in [0.2, 0.25) is 0 Å². The van der Waals surface area contributed by atoms with Crippen LogP contribution in [0, 0.1) is 5.82 Å². The summed E-state index contributed by atoms with van der Waals surface area (Å²) in [6.45, 7) is 6.12. The van der Waals surface area contributed by atoms with E-state index < -0.39 is 93.2 Å². The summed E-state index contributed by atoms with van der Waals surface area (Å²) < 4.78 is 77.6. The van der Waals surface area contributed by atoms with Crippen LogP contribution in [0.3, 0.4) is 0 Å². The van der Waals surface area contributed by atoms with Gasteiger partial charge in [-0.25, -0.2) is 12.8 Å². The standard InChI is InChI=1S/C51H50FNO13S/c1-30(36-20-23-40(52)24-21-36)29-67(59,60)50-45(53(51(50)58)41-14-10-7-11-15-41)42-25-22-39(26-43(42)62-27-35-12-8-6-9-13-35)37-16-18-38(19-17-37)46-48(64-33(4)56)49(65-34(5)57)47(63-32(3)55)44(66-46)28-61-31(2)54/h6-26,30,44-50H,27-29H2,1-5H3/t30-,44+,45+,46?,47+,48-,49-,50+/m0/s1. The van der Waals surface area contributed by atoms with Gasteiger partial charge in [-0.3, -0.25) is 24.0 Å². The second kappa shape index (κ2) is 20.7. The third-order valence-corrected chi connectivity index (χ3v) is 13.7. The third-order valence-electron chi connectivity index (χ3n) is 11.5. The van der Waals surface area contributed by atoms with Crippen LogP contribution < -0.4 is 9.64 Å². The van der Waals surface area contributed by atoms with Crippen molar-refractivity contribution < 1.29 is 65.2 Å². The van der Waals surface area contributed by atoms with Crippen LogP contribution in [-0.2, 0) is 64.1 Å². The average Bonchev–Trinajstić information content (AvgIpc) is 3.28. The van der Waals surface area contributed by atoms with Gasteiger partial charge in [-0.15, -0.1) is 0 Å². The molecule has 0 N–H and O–H groups in total. The van der Waals surface area contributed by atoms with Crippen molar-refractivity contribution in [3.8, 4) is 16.9 Å². The molecule has 2 saturated heterocycles. The number of carbonyl (C=O) groups excluding carboxylic acids is 5. The first-order chi connectivity index (χ1) is 32.0. The van der Waals surface area contributed by atoms with Crippen LogP contribution in [0.4, 0.5) is 10.1 Å². The molecule has 2 aliphatic heterocycles. The third kappa shape index (κ3) is 11.2. The molecule has 7 rings (SSSR count). The molecule has 1 unspecified atom stereocenters. The Kier molecular flexibility index (Phi) is 14.9. The van der Waals surface area contributed by atoms with E-state index in [1.165, 1.54) is 43.0 Å². The lowest BCUT2D eigenvalue weighted by atomic mass is 9.88. The fourth-order valence-electron chi connectivity index (χ4n) is 8.51. The zero-order valence-electron chi connectivity index (χ0n) is 37.4. The summed E-state index contributed by atoms with van der Waals surface area (Å²) in [6, 6.07) is 35.1. The van der Waals surface area contributed by atoms with E-state index in [0.717, 1.165) is 19.4 Å². The lowest BCUT2D eigenvalue weighted by molar-refractivity contribution is -0.254. The smallest absolute Gasteiger partial charge is 0.303 e. The molecule has 2 aliphatic rings. The molecule has 67 heavy (non-hydrogen) atoms. The van der Waals surface area contributed by atoms with Crippen molar-refractivity contribution in [1.82, 2.24) is 0 Å². The molecule has 16 heteroatoms. The van der Waals surface area contributed by atoms with Crippen LogP contribution in [0.25, 0.3) is 11.1 Å². The van der Waals surface area contributed by atoms with Crippen molar-refractivity contribution in [3.63, 3.8) is 0 Å². The fourth-order valence-corrected chi connectivity index (χ4v) is 10.7. The van der Waals surface area contributed by atoms with Gasteiger partial charge in [0.25, 0.3) is 0 Å². The number of amides is 1. The Morgan fingerprint density at radius 2 is 1.28 bits per heavy atom. The monoisotopic (exact) mass is 935 g/mol. The molecule has 0 aliphatic carbocycles. The van der Waals surface area contributed by atoms with Crippen molar-refractivity contribution in [2.75, 3.05) is 17.3 Å². The molecule has 0 aromatic heterocycles. The lowest BCUT2D eigenvalue weighted by Gasteiger charge is -2.47. The summed E-state index contributed by atoms with van der Waals surface area (Å²) in [6.07, 6.45) is -6.22. The quantitative estimate of drug-likeness (QED) is 0.0539. The number of carbonyl (C=O) groups is 5. The molecule has 5 aromatic carbocycles. The van der Waals surface area contributed by atoms with Crippen molar-refractivity contribution in [2.45, 2.75) is 89.0 Å². The highest BCUT2D eigenvalue weighted by Crippen LogP contribution is 2.48. The van der Waals surface area contributed by atoms with E-state index in [1.807, 2.05) is 30.3 Å². The number of anilines is 1. The van der Waals surface area contributed by atoms with Gasteiger partial charge in [0.05, 0.1) is 11.8 Å². The minimum absolute atomic E-state index is 0.115. The van der Waals surface area contributed by atoms with Crippen LogP contribution in [-0.4, -0.2) is 80.2 Å². The van der Waals surface area contributed by atoms with Crippen LogP contribution >= 0.6 is 0 Å². The van der Waals surface area contributed by atoms with Gasteiger partial charge >= 0.3 is 23.9 Å². The number of rotatable bonds is 16. The molecule has 14 nitrogen and oxygen atoms in total. The molecule has 5 aromatic rings.